The second-order valence-electron chi connectivity index (χ2n) is 4.20. The SMILES string of the molecule is CCN(CC(=O)O)C(=O)c1cc(Cl)c2c(c1)OCCO2. The van der Waals surface area contributed by atoms with Gasteiger partial charge in [-0.05, 0) is 19.1 Å². The topological polar surface area (TPSA) is 76.1 Å². The summed E-state index contributed by atoms with van der Waals surface area (Å²) in [5.41, 5.74) is 0.280. The Hall–Kier alpha value is -1.95. The molecule has 0 atom stereocenters. The standard InChI is InChI=1S/C13H14ClNO5/c1-2-15(7-11(16)17)13(18)8-5-9(14)12-10(6-8)19-3-4-20-12/h5-6H,2-4,7H2,1H3,(H,16,17). The predicted octanol–water partition coefficient (Wildman–Crippen LogP) is 1.66. The molecule has 1 aromatic rings. The van der Waals surface area contributed by atoms with E-state index in [-0.39, 0.29) is 23.7 Å². The Morgan fingerprint density at radius 3 is 2.70 bits per heavy atom. The maximum atomic E-state index is 12.3. The summed E-state index contributed by atoms with van der Waals surface area (Å²) in [4.78, 5) is 24.2. The van der Waals surface area contributed by atoms with E-state index in [1.807, 2.05) is 0 Å². The first-order valence-corrected chi connectivity index (χ1v) is 6.51. The van der Waals surface area contributed by atoms with Crippen LogP contribution >= 0.6 is 11.6 Å². The summed E-state index contributed by atoms with van der Waals surface area (Å²) in [5, 5.41) is 9.07. The number of hydrogen-bond donors (Lipinski definition) is 1. The van der Waals surface area contributed by atoms with Gasteiger partial charge in [0.25, 0.3) is 5.91 Å². The Kier molecular flexibility index (Phi) is 4.34. The lowest BCUT2D eigenvalue weighted by Gasteiger charge is -2.22. The first kappa shape index (κ1) is 14.5. The quantitative estimate of drug-likeness (QED) is 0.915. The Morgan fingerprint density at radius 1 is 1.35 bits per heavy atom. The summed E-state index contributed by atoms with van der Waals surface area (Å²) in [6.45, 7) is 2.42. The second kappa shape index (κ2) is 6.00. The van der Waals surface area contributed by atoms with Gasteiger partial charge < -0.3 is 19.5 Å². The van der Waals surface area contributed by atoms with Crippen LogP contribution in [-0.2, 0) is 4.79 Å². The molecule has 1 amide bonds. The molecule has 0 aromatic heterocycles. The van der Waals surface area contributed by atoms with Crippen molar-refractivity contribution in [1.29, 1.82) is 0 Å². The van der Waals surface area contributed by atoms with E-state index in [4.69, 9.17) is 26.2 Å². The normalized spacial score (nSPS) is 12.9. The van der Waals surface area contributed by atoms with Crippen LogP contribution in [0.15, 0.2) is 12.1 Å². The average Bonchev–Trinajstić information content (AvgIpc) is 2.43. The number of fused-ring (bicyclic) bond motifs is 1. The molecule has 2 rings (SSSR count). The number of carboxylic acid groups (broad SMARTS) is 1. The van der Waals surface area contributed by atoms with E-state index < -0.39 is 11.9 Å². The number of halogens is 1. The Bertz CT molecular complexity index is 546. The van der Waals surface area contributed by atoms with E-state index in [9.17, 15) is 9.59 Å². The van der Waals surface area contributed by atoms with Crippen molar-refractivity contribution in [3.8, 4) is 11.5 Å². The molecule has 20 heavy (non-hydrogen) atoms. The Labute approximate surface area is 120 Å². The molecule has 0 aliphatic carbocycles. The van der Waals surface area contributed by atoms with E-state index in [0.29, 0.717) is 24.7 Å². The number of nitrogens with zero attached hydrogens (tertiary/aromatic N) is 1. The third-order valence-electron chi connectivity index (χ3n) is 2.84. The molecule has 7 heteroatoms. The number of hydrogen-bond acceptors (Lipinski definition) is 4. The molecule has 0 radical (unpaired) electrons. The minimum atomic E-state index is -1.07. The average molecular weight is 300 g/mol. The van der Waals surface area contributed by atoms with E-state index in [0.717, 1.165) is 0 Å². The van der Waals surface area contributed by atoms with Crippen LogP contribution in [0, 0.1) is 0 Å². The second-order valence-corrected chi connectivity index (χ2v) is 4.60. The fourth-order valence-corrected chi connectivity index (χ4v) is 2.17. The van der Waals surface area contributed by atoms with Gasteiger partial charge in [0.1, 0.15) is 19.8 Å². The van der Waals surface area contributed by atoms with Crippen molar-refractivity contribution < 1.29 is 24.2 Å². The lowest BCUT2D eigenvalue weighted by Crippen LogP contribution is -2.35. The zero-order valence-corrected chi connectivity index (χ0v) is 11.6. The van der Waals surface area contributed by atoms with Gasteiger partial charge in [-0.2, -0.15) is 0 Å². The first-order chi connectivity index (χ1) is 9.52. The van der Waals surface area contributed by atoms with Crippen molar-refractivity contribution in [2.24, 2.45) is 0 Å². The molecule has 1 aromatic carbocycles. The highest BCUT2D eigenvalue weighted by Crippen LogP contribution is 2.38. The monoisotopic (exact) mass is 299 g/mol. The van der Waals surface area contributed by atoms with E-state index in [1.165, 1.54) is 17.0 Å². The van der Waals surface area contributed by atoms with E-state index in [1.54, 1.807) is 6.92 Å². The van der Waals surface area contributed by atoms with Gasteiger partial charge in [0.2, 0.25) is 0 Å². The number of rotatable bonds is 4. The van der Waals surface area contributed by atoms with Gasteiger partial charge in [-0.1, -0.05) is 11.6 Å². The van der Waals surface area contributed by atoms with Crippen molar-refractivity contribution in [2.75, 3.05) is 26.3 Å². The van der Waals surface area contributed by atoms with Crippen LogP contribution in [0.1, 0.15) is 17.3 Å². The Morgan fingerprint density at radius 2 is 2.05 bits per heavy atom. The third-order valence-corrected chi connectivity index (χ3v) is 3.12. The number of ether oxygens (including phenoxy) is 2. The highest BCUT2D eigenvalue weighted by molar-refractivity contribution is 6.32. The first-order valence-electron chi connectivity index (χ1n) is 6.13. The van der Waals surface area contributed by atoms with Crippen LogP contribution in [0.3, 0.4) is 0 Å². The number of carbonyl (C=O) groups excluding carboxylic acids is 1. The van der Waals surface area contributed by atoms with E-state index in [2.05, 4.69) is 0 Å². The van der Waals surface area contributed by atoms with Crippen LogP contribution in [-0.4, -0.2) is 48.2 Å². The largest absolute Gasteiger partial charge is 0.486 e. The summed E-state index contributed by atoms with van der Waals surface area (Å²) < 4.78 is 10.8. The molecule has 0 bridgehead atoms. The summed E-state index contributed by atoms with van der Waals surface area (Å²) in [6.07, 6.45) is 0. The molecule has 0 unspecified atom stereocenters. The zero-order chi connectivity index (χ0) is 14.7. The van der Waals surface area contributed by atoms with Gasteiger partial charge in [-0.15, -0.1) is 0 Å². The third kappa shape index (κ3) is 2.96. The van der Waals surface area contributed by atoms with E-state index >= 15 is 0 Å². The number of carbonyl (C=O) groups is 2. The highest BCUT2D eigenvalue weighted by atomic mass is 35.5. The van der Waals surface area contributed by atoms with Crippen LogP contribution in [0.2, 0.25) is 5.02 Å². The number of likely N-dealkylation sites (N-methyl/N-ethyl adjacent to an activating group) is 1. The predicted molar refractivity (Wildman–Crippen MR) is 71.7 cm³/mol. The molecule has 6 nitrogen and oxygen atoms in total. The zero-order valence-electron chi connectivity index (χ0n) is 10.9. The molecular formula is C13H14ClNO5. The fraction of sp³-hybridized carbons (Fsp3) is 0.385. The van der Waals surface area contributed by atoms with Crippen LogP contribution in [0.25, 0.3) is 0 Å². The highest BCUT2D eigenvalue weighted by Gasteiger charge is 2.22. The van der Waals surface area contributed by atoms with Gasteiger partial charge in [0.15, 0.2) is 11.5 Å². The van der Waals surface area contributed by atoms with Gasteiger partial charge in [0.05, 0.1) is 5.02 Å². The van der Waals surface area contributed by atoms with Gasteiger partial charge in [0, 0.05) is 12.1 Å². The summed E-state index contributed by atoms with van der Waals surface area (Å²) in [5.74, 6) is -0.660. The summed E-state index contributed by atoms with van der Waals surface area (Å²) in [7, 11) is 0. The Balaban J connectivity index is 2.30. The molecule has 1 N–H and O–H groups in total. The lowest BCUT2D eigenvalue weighted by molar-refractivity contribution is -0.137. The number of benzene rings is 1. The maximum Gasteiger partial charge on any atom is 0.323 e. The van der Waals surface area contributed by atoms with Gasteiger partial charge >= 0.3 is 5.97 Å². The van der Waals surface area contributed by atoms with Crippen molar-refractivity contribution >= 4 is 23.5 Å². The summed E-state index contributed by atoms with van der Waals surface area (Å²) in [6, 6.07) is 2.98. The van der Waals surface area contributed by atoms with Crippen LogP contribution in [0.5, 0.6) is 11.5 Å². The van der Waals surface area contributed by atoms with Gasteiger partial charge in [-0.25, -0.2) is 0 Å². The number of aliphatic carboxylic acids is 1. The lowest BCUT2D eigenvalue weighted by atomic mass is 10.1. The molecule has 108 valence electrons. The number of carboxylic acids is 1. The molecule has 0 spiro atoms. The van der Waals surface area contributed by atoms with Gasteiger partial charge in [-0.3, -0.25) is 9.59 Å². The van der Waals surface area contributed by atoms with Crippen molar-refractivity contribution in [3.05, 3.63) is 22.7 Å². The minimum absolute atomic E-state index is 0.275. The molecule has 0 saturated carbocycles. The smallest absolute Gasteiger partial charge is 0.323 e. The number of amides is 1. The molecule has 1 aliphatic rings. The fourth-order valence-electron chi connectivity index (χ4n) is 1.91. The van der Waals surface area contributed by atoms with Crippen LogP contribution in [0.4, 0.5) is 0 Å². The van der Waals surface area contributed by atoms with Crippen molar-refractivity contribution in [3.63, 3.8) is 0 Å². The van der Waals surface area contributed by atoms with Crippen molar-refractivity contribution in [2.45, 2.75) is 6.92 Å². The summed E-state index contributed by atoms with van der Waals surface area (Å²) >= 11 is 6.05. The molecule has 1 aliphatic heterocycles. The maximum absolute atomic E-state index is 12.3. The molecule has 0 fully saturated rings. The molecule has 0 saturated heterocycles. The van der Waals surface area contributed by atoms with Crippen LogP contribution < -0.4 is 9.47 Å². The molecular weight excluding hydrogens is 286 g/mol. The minimum Gasteiger partial charge on any atom is -0.486 e. The van der Waals surface area contributed by atoms with Crippen molar-refractivity contribution in [1.82, 2.24) is 4.90 Å². The molecule has 1 heterocycles.